The van der Waals surface area contributed by atoms with Crippen LogP contribution in [0.4, 0.5) is 4.39 Å². The first-order valence-corrected chi connectivity index (χ1v) is 5.83. The van der Waals surface area contributed by atoms with Gasteiger partial charge in [-0.2, -0.15) is 0 Å². The monoisotopic (exact) mass is 245 g/mol. The molecule has 0 fully saturated rings. The van der Waals surface area contributed by atoms with Crippen molar-refractivity contribution in [2.45, 2.75) is 12.5 Å². The van der Waals surface area contributed by atoms with Crippen LogP contribution in [0.3, 0.4) is 0 Å². The van der Waals surface area contributed by atoms with Gasteiger partial charge in [-0.05, 0) is 30.2 Å². The summed E-state index contributed by atoms with van der Waals surface area (Å²) in [7, 11) is 1.62. The van der Waals surface area contributed by atoms with E-state index in [1.165, 1.54) is 6.07 Å². The predicted molar refractivity (Wildman–Crippen MR) is 70.0 cm³/mol. The molecule has 3 heteroatoms. The maximum Gasteiger partial charge on any atom is 0.127 e. The molecular weight excluding hydrogens is 229 g/mol. The lowest BCUT2D eigenvalue weighted by Crippen LogP contribution is -2.14. The molecule has 0 spiro atoms. The molecule has 0 aliphatic rings. The van der Waals surface area contributed by atoms with Crippen molar-refractivity contribution < 1.29 is 9.13 Å². The Kier molecular flexibility index (Phi) is 3.95. The van der Waals surface area contributed by atoms with E-state index < -0.39 is 0 Å². The Bertz CT molecular complexity index is 527. The first-order chi connectivity index (χ1) is 8.70. The Hall–Kier alpha value is -1.87. The summed E-state index contributed by atoms with van der Waals surface area (Å²) in [6.45, 7) is 0. The second-order valence-electron chi connectivity index (χ2n) is 4.18. The highest BCUT2D eigenvalue weighted by Gasteiger charge is 2.11. The Morgan fingerprint density at radius 1 is 1.17 bits per heavy atom. The van der Waals surface area contributed by atoms with E-state index in [1.807, 2.05) is 24.3 Å². The Morgan fingerprint density at radius 2 is 1.94 bits per heavy atom. The van der Waals surface area contributed by atoms with Gasteiger partial charge in [0.15, 0.2) is 0 Å². The van der Waals surface area contributed by atoms with E-state index in [1.54, 1.807) is 25.3 Å². The zero-order valence-electron chi connectivity index (χ0n) is 10.3. The molecule has 94 valence electrons. The first-order valence-electron chi connectivity index (χ1n) is 5.83. The fourth-order valence-corrected chi connectivity index (χ4v) is 1.94. The summed E-state index contributed by atoms with van der Waals surface area (Å²) in [4.78, 5) is 0. The lowest BCUT2D eigenvalue weighted by molar-refractivity contribution is 0.414. The van der Waals surface area contributed by atoms with E-state index in [-0.39, 0.29) is 11.9 Å². The van der Waals surface area contributed by atoms with E-state index in [9.17, 15) is 4.39 Å². The second-order valence-corrected chi connectivity index (χ2v) is 4.18. The van der Waals surface area contributed by atoms with Crippen LogP contribution in [0.25, 0.3) is 0 Å². The molecule has 2 aromatic carbocycles. The first kappa shape index (κ1) is 12.6. The number of ether oxygens (including phenoxy) is 1. The number of hydrogen-bond donors (Lipinski definition) is 1. The summed E-state index contributed by atoms with van der Waals surface area (Å²) in [6, 6.07) is 13.9. The van der Waals surface area contributed by atoms with Gasteiger partial charge in [-0.15, -0.1) is 0 Å². The van der Waals surface area contributed by atoms with E-state index in [0.717, 1.165) is 11.3 Å². The number of halogens is 1. The summed E-state index contributed by atoms with van der Waals surface area (Å²) >= 11 is 0. The Labute approximate surface area is 106 Å². The normalized spacial score (nSPS) is 12.2. The number of benzene rings is 2. The molecular formula is C15H16FNO. The third-order valence-electron chi connectivity index (χ3n) is 2.89. The molecule has 2 N–H and O–H groups in total. The fourth-order valence-electron chi connectivity index (χ4n) is 1.94. The van der Waals surface area contributed by atoms with Crippen LogP contribution in [0.15, 0.2) is 48.5 Å². The summed E-state index contributed by atoms with van der Waals surface area (Å²) in [5.41, 5.74) is 7.61. The molecule has 18 heavy (non-hydrogen) atoms. The van der Waals surface area contributed by atoms with E-state index in [4.69, 9.17) is 10.5 Å². The van der Waals surface area contributed by atoms with Gasteiger partial charge in [0.1, 0.15) is 11.6 Å². The average Bonchev–Trinajstić information content (AvgIpc) is 2.39. The summed E-state index contributed by atoms with van der Waals surface area (Å²) in [6.07, 6.45) is 0.581. The minimum Gasteiger partial charge on any atom is -0.497 e. The quantitative estimate of drug-likeness (QED) is 0.898. The molecule has 2 nitrogen and oxygen atoms in total. The Balaban J connectivity index is 2.16. The topological polar surface area (TPSA) is 35.2 Å². The van der Waals surface area contributed by atoms with Gasteiger partial charge in [-0.1, -0.05) is 30.3 Å². The fraction of sp³-hybridized carbons (Fsp3) is 0.200. The highest BCUT2D eigenvalue weighted by molar-refractivity contribution is 5.30. The van der Waals surface area contributed by atoms with Crippen molar-refractivity contribution in [2.75, 3.05) is 7.11 Å². The maximum absolute atomic E-state index is 13.6. The van der Waals surface area contributed by atoms with Crippen LogP contribution in [0.5, 0.6) is 5.75 Å². The molecule has 1 unspecified atom stereocenters. The number of rotatable bonds is 4. The molecule has 0 aliphatic carbocycles. The smallest absolute Gasteiger partial charge is 0.127 e. The average molecular weight is 245 g/mol. The molecule has 2 rings (SSSR count). The Morgan fingerprint density at radius 3 is 2.67 bits per heavy atom. The second kappa shape index (κ2) is 5.65. The predicted octanol–water partition coefficient (Wildman–Crippen LogP) is 3.08. The van der Waals surface area contributed by atoms with Gasteiger partial charge in [0.25, 0.3) is 0 Å². The van der Waals surface area contributed by atoms with Crippen molar-refractivity contribution in [1.82, 2.24) is 0 Å². The van der Waals surface area contributed by atoms with Crippen molar-refractivity contribution in [1.29, 1.82) is 0 Å². The van der Waals surface area contributed by atoms with Crippen molar-refractivity contribution in [3.05, 3.63) is 65.5 Å². The van der Waals surface area contributed by atoms with Gasteiger partial charge in [0, 0.05) is 11.6 Å². The van der Waals surface area contributed by atoms with Crippen LogP contribution >= 0.6 is 0 Å². The third-order valence-corrected chi connectivity index (χ3v) is 2.89. The highest BCUT2D eigenvalue weighted by atomic mass is 19.1. The molecule has 2 aromatic rings. The lowest BCUT2D eigenvalue weighted by Gasteiger charge is -2.13. The van der Waals surface area contributed by atoms with Crippen LogP contribution < -0.4 is 10.5 Å². The zero-order chi connectivity index (χ0) is 13.0. The molecule has 1 atom stereocenters. The van der Waals surface area contributed by atoms with Gasteiger partial charge in [-0.25, -0.2) is 4.39 Å². The molecule has 0 saturated heterocycles. The van der Waals surface area contributed by atoms with Crippen LogP contribution in [0.2, 0.25) is 0 Å². The van der Waals surface area contributed by atoms with Gasteiger partial charge < -0.3 is 10.5 Å². The van der Waals surface area contributed by atoms with Crippen molar-refractivity contribution in [3.8, 4) is 5.75 Å². The van der Waals surface area contributed by atoms with Crippen molar-refractivity contribution in [3.63, 3.8) is 0 Å². The van der Waals surface area contributed by atoms with Gasteiger partial charge >= 0.3 is 0 Å². The maximum atomic E-state index is 13.6. The van der Waals surface area contributed by atoms with Gasteiger partial charge in [-0.3, -0.25) is 0 Å². The van der Waals surface area contributed by atoms with Crippen LogP contribution in [-0.2, 0) is 6.42 Å². The molecule has 0 amide bonds. The molecule has 0 radical (unpaired) electrons. The van der Waals surface area contributed by atoms with E-state index in [2.05, 4.69) is 0 Å². The van der Waals surface area contributed by atoms with Gasteiger partial charge in [0.05, 0.1) is 7.11 Å². The highest BCUT2D eigenvalue weighted by Crippen LogP contribution is 2.21. The summed E-state index contributed by atoms with van der Waals surface area (Å²) < 4.78 is 18.7. The zero-order valence-corrected chi connectivity index (χ0v) is 10.3. The number of hydrogen-bond acceptors (Lipinski definition) is 2. The minimum absolute atomic E-state index is 0.257. The van der Waals surface area contributed by atoms with Crippen LogP contribution in [0.1, 0.15) is 17.2 Å². The summed E-state index contributed by atoms with van der Waals surface area (Å²) in [5, 5.41) is 0. The molecule has 0 aliphatic heterocycles. The molecule has 0 saturated carbocycles. The van der Waals surface area contributed by atoms with Crippen molar-refractivity contribution >= 4 is 0 Å². The number of nitrogens with two attached hydrogens (primary N) is 1. The molecule has 0 heterocycles. The van der Waals surface area contributed by atoms with Gasteiger partial charge in [0.2, 0.25) is 0 Å². The van der Waals surface area contributed by atoms with E-state index >= 15 is 0 Å². The third kappa shape index (κ3) is 2.87. The molecule has 0 aromatic heterocycles. The molecule has 0 bridgehead atoms. The lowest BCUT2D eigenvalue weighted by atomic mass is 9.99. The van der Waals surface area contributed by atoms with Crippen LogP contribution in [-0.4, -0.2) is 7.11 Å². The van der Waals surface area contributed by atoms with Crippen LogP contribution in [0, 0.1) is 5.82 Å². The largest absolute Gasteiger partial charge is 0.497 e. The van der Waals surface area contributed by atoms with E-state index in [0.29, 0.717) is 12.0 Å². The summed E-state index contributed by atoms with van der Waals surface area (Å²) in [5.74, 6) is 0.529. The standard InChI is InChI=1S/C15H16FNO/c1-18-12-6-4-5-11(9-12)10-15(17)13-7-2-3-8-14(13)16/h2-9,15H,10,17H2,1H3. The SMILES string of the molecule is COc1cccc(CC(N)c2ccccc2F)c1. The number of methoxy groups -OCH3 is 1. The van der Waals surface area contributed by atoms with Crippen molar-refractivity contribution in [2.24, 2.45) is 5.73 Å². The minimum atomic E-state index is -0.349.